The lowest BCUT2D eigenvalue weighted by Crippen LogP contribution is -2.26. The number of anilines is 2. The summed E-state index contributed by atoms with van der Waals surface area (Å²) in [5.74, 6) is 0.482. The van der Waals surface area contributed by atoms with Gasteiger partial charge < -0.3 is 10.0 Å². The van der Waals surface area contributed by atoms with Crippen LogP contribution in [0.1, 0.15) is 102 Å². The number of hydrogen-bond donors (Lipinski definition) is 1. The molecule has 0 spiro atoms. The predicted molar refractivity (Wildman–Crippen MR) is 190 cm³/mol. The first-order valence-corrected chi connectivity index (χ1v) is 16.9. The highest BCUT2D eigenvalue weighted by atomic mass is 31.1. The summed E-state index contributed by atoms with van der Waals surface area (Å²) >= 11 is 0. The molecule has 43 heavy (non-hydrogen) atoms. The largest absolute Gasteiger partial charge is 0.507 e. The third kappa shape index (κ3) is 7.90. The first-order chi connectivity index (χ1) is 20.2. The molecule has 4 rings (SSSR count). The minimum Gasteiger partial charge on any atom is -0.507 e. The molecule has 0 bridgehead atoms. The van der Waals surface area contributed by atoms with E-state index < -0.39 is 0 Å². The van der Waals surface area contributed by atoms with Crippen LogP contribution in [0, 0.1) is 6.92 Å². The van der Waals surface area contributed by atoms with E-state index in [4.69, 9.17) is 0 Å². The Bertz CT molecular complexity index is 1460. The number of rotatable bonds is 10. The number of para-hydroxylation sites is 2. The van der Waals surface area contributed by atoms with Crippen molar-refractivity contribution in [3.05, 3.63) is 119 Å². The second-order valence-electron chi connectivity index (χ2n) is 14.4. The first kappa shape index (κ1) is 32.8. The van der Waals surface area contributed by atoms with Gasteiger partial charge >= 0.3 is 0 Å². The van der Waals surface area contributed by atoms with Crippen LogP contribution < -0.4 is 10.2 Å². The number of benzene rings is 4. The van der Waals surface area contributed by atoms with Crippen molar-refractivity contribution in [2.75, 3.05) is 4.90 Å². The van der Waals surface area contributed by atoms with Gasteiger partial charge in [-0.2, -0.15) is 0 Å². The Hall–Kier alpha value is -3.09. The summed E-state index contributed by atoms with van der Waals surface area (Å²) in [6.07, 6.45) is 3.28. The number of aromatic hydroxyl groups is 1. The molecule has 0 fully saturated rings. The van der Waals surface area contributed by atoms with E-state index in [0.717, 1.165) is 36.9 Å². The maximum Gasteiger partial charge on any atom is 0.123 e. The summed E-state index contributed by atoms with van der Waals surface area (Å²) in [7, 11) is 0.515. The van der Waals surface area contributed by atoms with Crippen molar-refractivity contribution in [2.45, 2.75) is 104 Å². The van der Waals surface area contributed by atoms with E-state index in [1.807, 2.05) is 0 Å². The number of unbranched alkanes of at least 4 members (excludes halogenated alkanes) is 1. The van der Waals surface area contributed by atoms with Crippen LogP contribution in [0.2, 0.25) is 0 Å². The van der Waals surface area contributed by atoms with E-state index in [1.165, 1.54) is 33.4 Å². The number of aryl methyl sites for hydroxylation is 1. The molecule has 3 heteroatoms. The topological polar surface area (TPSA) is 23.5 Å². The van der Waals surface area contributed by atoms with Gasteiger partial charge in [-0.15, -0.1) is 0 Å². The lowest BCUT2D eigenvalue weighted by atomic mass is 9.77. The van der Waals surface area contributed by atoms with Gasteiger partial charge in [-0.1, -0.05) is 149 Å². The van der Waals surface area contributed by atoms with Crippen LogP contribution in [0.25, 0.3) is 0 Å². The molecule has 0 heterocycles. The van der Waals surface area contributed by atoms with Crippen LogP contribution in [0.3, 0.4) is 0 Å². The fourth-order valence-corrected chi connectivity index (χ4v) is 7.54. The van der Waals surface area contributed by atoms with E-state index in [2.05, 4.69) is 158 Å². The average molecular weight is 594 g/mol. The highest BCUT2D eigenvalue weighted by molar-refractivity contribution is 7.48. The highest BCUT2D eigenvalue weighted by Crippen LogP contribution is 2.52. The van der Waals surface area contributed by atoms with Gasteiger partial charge in [0.15, 0.2) is 0 Å². The third-order valence-electron chi connectivity index (χ3n) is 8.54. The van der Waals surface area contributed by atoms with Crippen molar-refractivity contribution in [3.63, 3.8) is 0 Å². The van der Waals surface area contributed by atoms with Gasteiger partial charge in [0.2, 0.25) is 0 Å². The smallest absolute Gasteiger partial charge is 0.123 e. The molecule has 0 aliphatic heterocycles. The van der Waals surface area contributed by atoms with Crippen LogP contribution in [0.15, 0.2) is 91.0 Å². The van der Waals surface area contributed by atoms with E-state index in [9.17, 15) is 5.11 Å². The molecule has 1 N–H and O–H groups in total. The second kappa shape index (κ2) is 13.3. The lowest BCUT2D eigenvalue weighted by molar-refractivity contribution is 0.425. The number of phenolic OH excluding ortho intramolecular Hbond substituents is 1. The normalized spacial score (nSPS) is 13.8. The minimum atomic E-state index is -0.199. The monoisotopic (exact) mass is 593 g/mol. The molecule has 0 aliphatic rings. The maximum atomic E-state index is 12.0. The SMILES string of the molecule is CCCCC(C)(Pc1ccc(C)cc1CN(c1ccccc1)c1ccccc1)c1cc(C(C)(C)C)cc(C(C)(C)C)c1O. The van der Waals surface area contributed by atoms with E-state index >= 15 is 0 Å². The Morgan fingerprint density at radius 2 is 1.26 bits per heavy atom. The summed E-state index contributed by atoms with van der Waals surface area (Å²) in [5.41, 5.74) is 8.25. The second-order valence-corrected chi connectivity index (χ2v) is 16.3. The molecule has 2 nitrogen and oxygen atoms in total. The van der Waals surface area contributed by atoms with Crippen LogP contribution in [-0.2, 0) is 22.5 Å². The van der Waals surface area contributed by atoms with Crippen molar-refractivity contribution in [3.8, 4) is 5.75 Å². The van der Waals surface area contributed by atoms with Gasteiger partial charge in [0, 0.05) is 28.6 Å². The molecule has 2 unspecified atom stereocenters. The number of nitrogens with zero attached hydrogens (tertiary/aromatic N) is 1. The Morgan fingerprint density at radius 3 is 1.77 bits per heavy atom. The summed E-state index contributed by atoms with van der Waals surface area (Å²) in [6.45, 7) is 21.1. The minimum absolute atomic E-state index is 0.0158. The fraction of sp³-hybridized carbons (Fsp3) is 0.400. The third-order valence-corrected chi connectivity index (χ3v) is 10.4. The lowest BCUT2D eigenvalue weighted by Gasteiger charge is -2.36. The van der Waals surface area contributed by atoms with Crippen molar-refractivity contribution in [1.82, 2.24) is 0 Å². The van der Waals surface area contributed by atoms with Crippen LogP contribution >= 0.6 is 8.58 Å². The molecule has 4 aromatic carbocycles. The summed E-state index contributed by atoms with van der Waals surface area (Å²) in [5, 5.41) is 13.2. The van der Waals surface area contributed by atoms with Crippen LogP contribution in [0.5, 0.6) is 5.75 Å². The number of phenols is 1. The highest BCUT2D eigenvalue weighted by Gasteiger charge is 2.35. The molecule has 228 valence electrons. The average Bonchev–Trinajstić information content (AvgIpc) is 2.96. The molecule has 0 radical (unpaired) electrons. The molecule has 0 saturated heterocycles. The predicted octanol–water partition coefficient (Wildman–Crippen LogP) is 11.0. The van der Waals surface area contributed by atoms with Crippen LogP contribution in [0.4, 0.5) is 11.4 Å². The molecule has 4 aromatic rings. The van der Waals surface area contributed by atoms with Crippen LogP contribution in [-0.4, -0.2) is 5.11 Å². The van der Waals surface area contributed by atoms with Gasteiger partial charge in [-0.25, -0.2) is 0 Å². The van der Waals surface area contributed by atoms with E-state index in [0.29, 0.717) is 14.3 Å². The first-order valence-electron chi connectivity index (χ1n) is 15.9. The molecular weight excluding hydrogens is 541 g/mol. The Balaban J connectivity index is 1.86. The van der Waals surface area contributed by atoms with Crippen molar-refractivity contribution in [2.24, 2.45) is 0 Å². The van der Waals surface area contributed by atoms with Gasteiger partial charge in [0.1, 0.15) is 5.75 Å². The Morgan fingerprint density at radius 1 is 0.698 bits per heavy atom. The summed E-state index contributed by atoms with van der Waals surface area (Å²) in [4.78, 5) is 2.42. The quantitative estimate of drug-likeness (QED) is 0.185. The van der Waals surface area contributed by atoms with Crippen molar-refractivity contribution in [1.29, 1.82) is 0 Å². The number of hydrogen-bond acceptors (Lipinski definition) is 2. The van der Waals surface area contributed by atoms with E-state index in [1.54, 1.807) is 0 Å². The molecular formula is C40H52NOP. The van der Waals surface area contributed by atoms with Crippen molar-refractivity contribution >= 4 is 25.3 Å². The fourth-order valence-electron chi connectivity index (χ4n) is 5.85. The van der Waals surface area contributed by atoms with Gasteiger partial charge in [0.25, 0.3) is 0 Å². The van der Waals surface area contributed by atoms with E-state index in [-0.39, 0.29) is 16.0 Å². The molecule has 0 saturated carbocycles. The summed E-state index contributed by atoms with van der Waals surface area (Å²) in [6, 6.07) is 32.9. The zero-order valence-electron chi connectivity index (χ0n) is 27.9. The molecule has 0 aromatic heterocycles. The van der Waals surface area contributed by atoms with Gasteiger partial charge in [0.05, 0.1) is 0 Å². The summed E-state index contributed by atoms with van der Waals surface area (Å²) < 4.78 is 0. The standard InChI is InChI=1S/C40H52NOP/c1-10-11-24-40(9,35-27-31(38(3,4)5)26-34(37(35)42)39(6,7)8)43-36-23-22-29(2)25-30(36)28-41(32-18-14-12-15-19-32)33-20-16-13-17-21-33/h12-23,25-27,42-43H,10-11,24,28H2,1-9H3. The molecule has 0 amide bonds. The molecule has 2 atom stereocenters. The van der Waals surface area contributed by atoms with Gasteiger partial charge in [-0.3, -0.25) is 0 Å². The molecule has 0 aliphatic carbocycles. The van der Waals surface area contributed by atoms with Crippen molar-refractivity contribution < 1.29 is 5.11 Å². The maximum absolute atomic E-state index is 12.0. The Labute approximate surface area is 263 Å². The zero-order chi connectivity index (χ0) is 31.4. The Kier molecular flexibility index (Phi) is 10.1. The van der Waals surface area contributed by atoms with Gasteiger partial charge in [-0.05, 0) is 70.4 Å². The zero-order valence-corrected chi connectivity index (χ0v) is 28.9.